The number of likely N-dealkylation sites (tertiary alicyclic amines) is 1. The van der Waals surface area contributed by atoms with E-state index < -0.39 is 5.60 Å². The minimum absolute atomic E-state index is 0.127. The number of halogens is 1. The van der Waals surface area contributed by atoms with Crippen LogP contribution in [0.25, 0.3) is 0 Å². The number of pyridine rings is 1. The standard InChI is InChI=1S/C12H15BrN2O2/c1-12(17)5-3-7-15(8-12)11(16)10-9(13)4-2-6-14-10/h2,4,6,17H,3,5,7-8H2,1H3. The summed E-state index contributed by atoms with van der Waals surface area (Å²) in [4.78, 5) is 18.0. The number of carbonyl (C=O) groups excluding carboxylic acids is 1. The van der Waals surface area contributed by atoms with Gasteiger partial charge in [-0.1, -0.05) is 0 Å². The third kappa shape index (κ3) is 2.84. The van der Waals surface area contributed by atoms with Crippen molar-refractivity contribution in [2.75, 3.05) is 13.1 Å². The van der Waals surface area contributed by atoms with Crippen molar-refractivity contribution >= 4 is 21.8 Å². The predicted molar refractivity (Wildman–Crippen MR) is 67.7 cm³/mol. The predicted octanol–water partition coefficient (Wildman–Crippen LogP) is 1.83. The van der Waals surface area contributed by atoms with Gasteiger partial charge < -0.3 is 10.0 Å². The van der Waals surface area contributed by atoms with Crippen LogP contribution >= 0.6 is 15.9 Å². The summed E-state index contributed by atoms with van der Waals surface area (Å²) < 4.78 is 0.690. The molecule has 1 N–H and O–H groups in total. The quantitative estimate of drug-likeness (QED) is 0.861. The smallest absolute Gasteiger partial charge is 0.273 e. The SMILES string of the molecule is CC1(O)CCCN(C(=O)c2ncccc2Br)C1. The zero-order valence-corrected chi connectivity index (χ0v) is 11.3. The number of β-amino-alcohol motifs (C(OH)–C–C–N with tert-alkyl or cyclic N) is 1. The molecule has 5 heteroatoms. The molecule has 2 rings (SSSR count). The summed E-state index contributed by atoms with van der Waals surface area (Å²) >= 11 is 3.32. The summed E-state index contributed by atoms with van der Waals surface area (Å²) in [7, 11) is 0. The van der Waals surface area contributed by atoms with Gasteiger partial charge in [0, 0.05) is 23.8 Å². The molecule has 1 atom stereocenters. The van der Waals surface area contributed by atoms with Crippen molar-refractivity contribution in [1.29, 1.82) is 0 Å². The molecule has 0 bridgehead atoms. The number of piperidine rings is 1. The highest BCUT2D eigenvalue weighted by Gasteiger charge is 2.32. The highest BCUT2D eigenvalue weighted by Crippen LogP contribution is 2.23. The van der Waals surface area contributed by atoms with E-state index in [4.69, 9.17) is 0 Å². The van der Waals surface area contributed by atoms with Crippen LogP contribution in [-0.4, -0.2) is 39.6 Å². The van der Waals surface area contributed by atoms with Crippen molar-refractivity contribution in [3.8, 4) is 0 Å². The molecule has 92 valence electrons. The van der Waals surface area contributed by atoms with Crippen molar-refractivity contribution in [2.45, 2.75) is 25.4 Å². The number of aliphatic hydroxyl groups is 1. The van der Waals surface area contributed by atoms with E-state index in [1.165, 1.54) is 0 Å². The minimum Gasteiger partial charge on any atom is -0.388 e. The number of rotatable bonds is 1. The van der Waals surface area contributed by atoms with Crippen LogP contribution in [0.3, 0.4) is 0 Å². The lowest BCUT2D eigenvalue weighted by Crippen LogP contribution is -2.48. The van der Waals surface area contributed by atoms with E-state index >= 15 is 0 Å². The number of nitrogens with zero attached hydrogens (tertiary/aromatic N) is 2. The van der Waals surface area contributed by atoms with E-state index in [9.17, 15) is 9.90 Å². The zero-order valence-electron chi connectivity index (χ0n) is 9.69. The first-order valence-corrected chi connectivity index (χ1v) is 6.41. The number of carbonyl (C=O) groups is 1. The lowest BCUT2D eigenvalue weighted by molar-refractivity contribution is -0.0109. The van der Waals surface area contributed by atoms with Crippen molar-refractivity contribution in [3.05, 3.63) is 28.5 Å². The van der Waals surface area contributed by atoms with Gasteiger partial charge in [-0.3, -0.25) is 4.79 Å². The Morgan fingerprint density at radius 2 is 2.41 bits per heavy atom. The maximum Gasteiger partial charge on any atom is 0.273 e. The molecule has 1 aliphatic rings. The van der Waals surface area contributed by atoms with Crippen LogP contribution in [-0.2, 0) is 0 Å². The van der Waals surface area contributed by atoms with Crippen LogP contribution in [0, 0.1) is 0 Å². The first-order valence-electron chi connectivity index (χ1n) is 5.62. The van der Waals surface area contributed by atoms with Gasteiger partial charge in [0.15, 0.2) is 0 Å². The average molecular weight is 299 g/mol. The zero-order chi connectivity index (χ0) is 12.5. The minimum atomic E-state index is -0.783. The number of hydrogen-bond acceptors (Lipinski definition) is 3. The van der Waals surface area contributed by atoms with Gasteiger partial charge in [0.05, 0.1) is 5.60 Å². The van der Waals surface area contributed by atoms with Crippen LogP contribution in [0.1, 0.15) is 30.3 Å². The topological polar surface area (TPSA) is 53.4 Å². The molecule has 1 unspecified atom stereocenters. The van der Waals surface area contributed by atoms with E-state index in [-0.39, 0.29) is 5.91 Å². The Morgan fingerprint density at radius 3 is 3.06 bits per heavy atom. The normalized spacial score (nSPS) is 24.8. The molecule has 1 amide bonds. The summed E-state index contributed by atoms with van der Waals surface area (Å²) in [5, 5.41) is 9.98. The molecule has 1 saturated heterocycles. The van der Waals surface area contributed by atoms with Gasteiger partial charge in [-0.15, -0.1) is 0 Å². The van der Waals surface area contributed by atoms with Crippen molar-refractivity contribution < 1.29 is 9.90 Å². The molecular formula is C12H15BrN2O2. The average Bonchev–Trinajstić information content (AvgIpc) is 2.27. The highest BCUT2D eigenvalue weighted by atomic mass is 79.9. The van der Waals surface area contributed by atoms with E-state index in [0.29, 0.717) is 23.3 Å². The highest BCUT2D eigenvalue weighted by molar-refractivity contribution is 9.10. The van der Waals surface area contributed by atoms with E-state index in [1.54, 1.807) is 30.2 Å². The first-order chi connectivity index (χ1) is 7.99. The third-order valence-corrected chi connectivity index (χ3v) is 3.56. The van der Waals surface area contributed by atoms with Crippen LogP contribution < -0.4 is 0 Å². The van der Waals surface area contributed by atoms with Crippen molar-refractivity contribution in [2.24, 2.45) is 0 Å². The van der Waals surface area contributed by atoms with E-state index in [1.807, 2.05) is 0 Å². The van der Waals surface area contributed by atoms with E-state index in [2.05, 4.69) is 20.9 Å². The summed E-state index contributed by atoms with van der Waals surface area (Å²) in [6.07, 6.45) is 3.16. The molecule has 17 heavy (non-hydrogen) atoms. The fourth-order valence-electron chi connectivity index (χ4n) is 2.09. The fraction of sp³-hybridized carbons (Fsp3) is 0.500. The van der Waals surface area contributed by atoms with Gasteiger partial charge in [-0.2, -0.15) is 0 Å². The molecule has 0 spiro atoms. The second-order valence-corrected chi connectivity index (χ2v) is 5.52. The Morgan fingerprint density at radius 1 is 1.65 bits per heavy atom. The molecule has 1 aromatic rings. The molecule has 1 aliphatic heterocycles. The molecule has 0 aromatic carbocycles. The first kappa shape index (κ1) is 12.5. The maximum atomic E-state index is 12.2. The van der Waals surface area contributed by atoms with Gasteiger partial charge in [0.25, 0.3) is 5.91 Å². The van der Waals surface area contributed by atoms with Gasteiger partial charge in [-0.25, -0.2) is 4.98 Å². The second kappa shape index (κ2) is 4.74. The Labute approximate surface area is 109 Å². The lowest BCUT2D eigenvalue weighted by atomic mass is 9.95. The monoisotopic (exact) mass is 298 g/mol. The maximum absolute atomic E-state index is 12.2. The Kier molecular flexibility index (Phi) is 3.49. The van der Waals surface area contributed by atoms with Crippen LogP contribution in [0.5, 0.6) is 0 Å². The van der Waals surface area contributed by atoms with Crippen LogP contribution in [0.15, 0.2) is 22.8 Å². The lowest BCUT2D eigenvalue weighted by Gasteiger charge is -2.36. The van der Waals surface area contributed by atoms with Crippen molar-refractivity contribution in [3.63, 3.8) is 0 Å². The summed E-state index contributed by atoms with van der Waals surface area (Å²) in [6.45, 7) is 2.81. The molecule has 0 radical (unpaired) electrons. The molecule has 0 aliphatic carbocycles. The summed E-state index contributed by atoms with van der Waals surface area (Å²) in [5.74, 6) is -0.127. The van der Waals surface area contributed by atoms with Gasteiger partial charge in [0.2, 0.25) is 0 Å². The Balaban J connectivity index is 2.18. The van der Waals surface area contributed by atoms with E-state index in [0.717, 1.165) is 12.8 Å². The van der Waals surface area contributed by atoms with Crippen LogP contribution in [0.2, 0.25) is 0 Å². The number of aromatic nitrogens is 1. The van der Waals surface area contributed by atoms with Crippen LogP contribution in [0.4, 0.5) is 0 Å². The Hall–Kier alpha value is -0.940. The summed E-state index contributed by atoms with van der Waals surface area (Å²) in [6, 6.07) is 3.57. The van der Waals surface area contributed by atoms with Gasteiger partial charge >= 0.3 is 0 Å². The largest absolute Gasteiger partial charge is 0.388 e. The fourth-order valence-corrected chi connectivity index (χ4v) is 2.51. The summed E-state index contributed by atoms with van der Waals surface area (Å²) in [5.41, 5.74) is -0.375. The molecular weight excluding hydrogens is 284 g/mol. The van der Waals surface area contributed by atoms with Crippen molar-refractivity contribution in [1.82, 2.24) is 9.88 Å². The molecule has 2 heterocycles. The van der Waals surface area contributed by atoms with Gasteiger partial charge in [-0.05, 0) is 47.8 Å². The number of hydrogen-bond donors (Lipinski definition) is 1. The van der Waals surface area contributed by atoms with Gasteiger partial charge in [0.1, 0.15) is 5.69 Å². The molecule has 4 nitrogen and oxygen atoms in total. The third-order valence-electron chi connectivity index (χ3n) is 2.92. The second-order valence-electron chi connectivity index (χ2n) is 4.66. The molecule has 1 aromatic heterocycles. The molecule has 1 fully saturated rings. The number of amides is 1. The Bertz CT molecular complexity index is 434. The molecule has 0 saturated carbocycles.